The molecule has 0 aromatic heterocycles. The third-order valence-electron chi connectivity index (χ3n) is 2.37. The number of nitrogens with one attached hydrogen (secondary N) is 1. The van der Waals surface area contributed by atoms with Crippen LogP contribution in [-0.2, 0) is 11.2 Å². The van der Waals surface area contributed by atoms with Crippen molar-refractivity contribution >= 4 is 17.5 Å². The van der Waals surface area contributed by atoms with Gasteiger partial charge in [0.1, 0.15) is 5.75 Å². The number of amides is 1. The third-order valence-corrected chi connectivity index (χ3v) is 2.67. The van der Waals surface area contributed by atoms with Gasteiger partial charge in [0.05, 0.1) is 5.02 Å². The number of para-hydroxylation sites is 1. The Kier molecular flexibility index (Phi) is 5.25. The van der Waals surface area contributed by atoms with Gasteiger partial charge in [0.25, 0.3) is 5.91 Å². The molecule has 0 aliphatic carbocycles. The van der Waals surface area contributed by atoms with Gasteiger partial charge < -0.3 is 15.8 Å². The van der Waals surface area contributed by atoms with Crippen LogP contribution < -0.4 is 15.8 Å². The Bertz CT molecular complexity index is 396. The van der Waals surface area contributed by atoms with Crippen LogP contribution in [0, 0.1) is 0 Å². The van der Waals surface area contributed by atoms with Crippen LogP contribution in [0.15, 0.2) is 18.2 Å². The molecule has 5 heteroatoms. The van der Waals surface area contributed by atoms with Crippen molar-refractivity contribution in [1.82, 2.24) is 5.32 Å². The smallest absolute Gasteiger partial charge is 0.260 e. The Hall–Kier alpha value is -1.26. The molecule has 4 nitrogen and oxygen atoms in total. The van der Waals surface area contributed by atoms with E-state index in [0.29, 0.717) is 23.7 Å². The lowest BCUT2D eigenvalue weighted by molar-refractivity contribution is -0.126. The summed E-state index contributed by atoms with van der Waals surface area (Å²) in [5, 5.41) is 3.02. The number of carbonyl (C=O) groups excluding carboxylic acids is 1. The Morgan fingerprint density at radius 2 is 2.29 bits per heavy atom. The van der Waals surface area contributed by atoms with Crippen molar-refractivity contribution in [3.8, 4) is 5.75 Å². The predicted octanol–water partition coefficient (Wildman–Crippen LogP) is 1.35. The Morgan fingerprint density at radius 1 is 1.59 bits per heavy atom. The van der Waals surface area contributed by atoms with Gasteiger partial charge in [-0.25, -0.2) is 0 Å². The summed E-state index contributed by atoms with van der Waals surface area (Å²) >= 11 is 6.06. The van der Waals surface area contributed by atoms with E-state index in [-0.39, 0.29) is 5.91 Å². The van der Waals surface area contributed by atoms with Crippen LogP contribution in [0.2, 0.25) is 5.02 Å². The molecular formula is C12H17ClN2O2. The van der Waals surface area contributed by atoms with Crippen molar-refractivity contribution in [3.05, 3.63) is 28.8 Å². The number of halogens is 1. The summed E-state index contributed by atoms with van der Waals surface area (Å²) in [7, 11) is 1.57. The number of nitrogens with two attached hydrogens (primary N) is 1. The molecule has 94 valence electrons. The molecule has 1 rings (SSSR count). The van der Waals surface area contributed by atoms with E-state index < -0.39 is 6.10 Å². The number of hydrogen-bond donors (Lipinski definition) is 2. The average molecular weight is 257 g/mol. The monoisotopic (exact) mass is 256 g/mol. The lowest BCUT2D eigenvalue weighted by Gasteiger charge is -2.17. The van der Waals surface area contributed by atoms with E-state index in [2.05, 4.69) is 5.32 Å². The Labute approximate surface area is 106 Å². The molecule has 1 atom stereocenters. The highest BCUT2D eigenvalue weighted by molar-refractivity contribution is 6.32. The van der Waals surface area contributed by atoms with Crippen molar-refractivity contribution in [1.29, 1.82) is 0 Å². The second kappa shape index (κ2) is 6.47. The largest absolute Gasteiger partial charge is 0.479 e. The number of rotatable bonds is 5. The molecule has 17 heavy (non-hydrogen) atoms. The molecule has 3 N–H and O–H groups in total. The second-order valence-electron chi connectivity index (χ2n) is 3.64. The molecule has 0 bridgehead atoms. The van der Waals surface area contributed by atoms with Crippen molar-refractivity contribution in [3.63, 3.8) is 0 Å². The van der Waals surface area contributed by atoms with Gasteiger partial charge in [0.2, 0.25) is 0 Å². The van der Waals surface area contributed by atoms with Crippen LogP contribution in [0.3, 0.4) is 0 Å². The molecule has 0 saturated heterocycles. The highest BCUT2D eigenvalue weighted by atomic mass is 35.5. The summed E-state index contributed by atoms with van der Waals surface area (Å²) in [6, 6.07) is 5.46. The molecule has 1 amide bonds. The lowest BCUT2D eigenvalue weighted by atomic mass is 10.1. The SMILES string of the molecule is CNC(=O)C(C)Oc1c(Cl)cccc1CCN. The predicted molar refractivity (Wildman–Crippen MR) is 68.4 cm³/mol. The van der Waals surface area contributed by atoms with E-state index in [9.17, 15) is 4.79 Å². The van der Waals surface area contributed by atoms with Gasteiger partial charge >= 0.3 is 0 Å². The summed E-state index contributed by atoms with van der Waals surface area (Å²) in [4.78, 5) is 11.4. The van der Waals surface area contributed by atoms with Crippen molar-refractivity contribution in [2.45, 2.75) is 19.4 Å². The maximum absolute atomic E-state index is 11.4. The lowest BCUT2D eigenvalue weighted by Crippen LogP contribution is -2.34. The minimum absolute atomic E-state index is 0.191. The minimum Gasteiger partial charge on any atom is -0.479 e. The highest BCUT2D eigenvalue weighted by Gasteiger charge is 2.16. The van der Waals surface area contributed by atoms with Gasteiger partial charge in [-0.15, -0.1) is 0 Å². The van der Waals surface area contributed by atoms with E-state index in [4.69, 9.17) is 22.1 Å². The summed E-state index contributed by atoms with van der Waals surface area (Å²) in [5.74, 6) is 0.347. The molecule has 0 heterocycles. The maximum Gasteiger partial charge on any atom is 0.260 e. The minimum atomic E-state index is -0.587. The van der Waals surface area contributed by atoms with Crippen LogP contribution in [0.4, 0.5) is 0 Å². The van der Waals surface area contributed by atoms with Gasteiger partial charge in [-0.1, -0.05) is 23.7 Å². The van der Waals surface area contributed by atoms with Gasteiger partial charge in [-0.05, 0) is 31.5 Å². The molecule has 0 radical (unpaired) electrons. The zero-order valence-electron chi connectivity index (χ0n) is 10.00. The molecule has 1 unspecified atom stereocenters. The van der Waals surface area contributed by atoms with Crippen LogP contribution in [0.25, 0.3) is 0 Å². The molecular weight excluding hydrogens is 240 g/mol. The summed E-state index contributed by atoms with van der Waals surface area (Å²) < 4.78 is 5.58. The topological polar surface area (TPSA) is 64.3 Å². The number of benzene rings is 1. The van der Waals surface area contributed by atoms with Crippen molar-refractivity contribution in [2.75, 3.05) is 13.6 Å². The fraction of sp³-hybridized carbons (Fsp3) is 0.417. The normalized spacial score (nSPS) is 12.0. The first-order chi connectivity index (χ1) is 8.10. The van der Waals surface area contributed by atoms with Crippen LogP contribution >= 0.6 is 11.6 Å². The van der Waals surface area contributed by atoms with Crippen LogP contribution in [-0.4, -0.2) is 25.6 Å². The molecule has 1 aromatic carbocycles. The second-order valence-corrected chi connectivity index (χ2v) is 4.05. The van der Waals surface area contributed by atoms with E-state index >= 15 is 0 Å². The fourth-order valence-corrected chi connectivity index (χ4v) is 1.71. The first-order valence-corrected chi connectivity index (χ1v) is 5.83. The van der Waals surface area contributed by atoms with Crippen molar-refractivity contribution in [2.24, 2.45) is 5.73 Å². The van der Waals surface area contributed by atoms with Gasteiger partial charge in [0, 0.05) is 7.05 Å². The average Bonchev–Trinajstić information content (AvgIpc) is 2.32. The quantitative estimate of drug-likeness (QED) is 0.836. The first-order valence-electron chi connectivity index (χ1n) is 5.45. The van der Waals surface area contributed by atoms with E-state index in [1.165, 1.54) is 0 Å². The Morgan fingerprint density at radius 3 is 2.88 bits per heavy atom. The third kappa shape index (κ3) is 3.61. The number of hydrogen-bond acceptors (Lipinski definition) is 3. The number of likely N-dealkylation sites (N-methyl/N-ethyl adjacent to an activating group) is 1. The molecule has 0 spiro atoms. The van der Waals surface area contributed by atoms with Gasteiger partial charge in [0.15, 0.2) is 6.10 Å². The zero-order chi connectivity index (χ0) is 12.8. The van der Waals surface area contributed by atoms with Crippen LogP contribution in [0.1, 0.15) is 12.5 Å². The molecule has 1 aromatic rings. The molecule has 0 aliphatic rings. The fourth-order valence-electron chi connectivity index (χ4n) is 1.47. The summed E-state index contributed by atoms with van der Waals surface area (Å²) in [6.07, 6.45) is 0.0764. The standard InChI is InChI=1S/C12H17ClN2O2/c1-8(12(16)15-2)17-11-9(6-7-14)4-3-5-10(11)13/h3-5,8H,6-7,14H2,1-2H3,(H,15,16). The first kappa shape index (κ1) is 13.8. The number of carbonyl (C=O) groups is 1. The van der Waals surface area contributed by atoms with E-state index in [0.717, 1.165) is 5.56 Å². The Balaban J connectivity index is 2.92. The zero-order valence-corrected chi connectivity index (χ0v) is 10.8. The summed E-state index contributed by atoms with van der Waals surface area (Å²) in [5.41, 5.74) is 6.43. The number of ether oxygens (including phenoxy) is 1. The van der Waals surface area contributed by atoms with Crippen molar-refractivity contribution < 1.29 is 9.53 Å². The molecule has 0 saturated carbocycles. The molecule has 0 aliphatic heterocycles. The molecule has 0 fully saturated rings. The van der Waals surface area contributed by atoms with Gasteiger partial charge in [-0.3, -0.25) is 4.79 Å². The van der Waals surface area contributed by atoms with E-state index in [1.807, 2.05) is 12.1 Å². The van der Waals surface area contributed by atoms with Gasteiger partial charge in [-0.2, -0.15) is 0 Å². The maximum atomic E-state index is 11.4. The highest BCUT2D eigenvalue weighted by Crippen LogP contribution is 2.29. The van der Waals surface area contributed by atoms with E-state index in [1.54, 1.807) is 20.0 Å². The summed E-state index contributed by atoms with van der Waals surface area (Å²) in [6.45, 7) is 2.18. The van der Waals surface area contributed by atoms with Crippen LogP contribution in [0.5, 0.6) is 5.75 Å².